The van der Waals surface area contributed by atoms with Crippen LogP contribution in [0, 0.1) is 0 Å². The summed E-state index contributed by atoms with van der Waals surface area (Å²) < 4.78 is 0. The van der Waals surface area contributed by atoms with Crippen LogP contribution < -0.4 is 5.32 Å². The van der Waals surface area contributed by atoms with Gasteiger partial charge in [-0.15, -0.1) is 13.2 Å². The largest absolute Gasteiger partial charge is 0.322 e. The highest BCUT2D eigenvalue weighted by Crippen LogP contribution is 2.32. The lowest BCUT2D eigenvalue weighted by Crippen LogP contribution is -2.35. The second-order valence-corrected chi connectivity index (χ2v) is 6.03. The van der Waals surface area contributed by atoms with Gasteiger partial charge in [-0.3, -0.25) is 0 Å². The summed E-state index contributed by atoms with van der Waals surface area (Å²) in [7, 11) is 0. The molecule has 22 heavy (non-hydrogen) atoms. The highest BCUT2D eigenvalue weighted by Gasteiger charge is 2.18. The number of benzene rings is 1. The first-order chi connectivity index (χ1) is 10.4. The summed E-state index contributed by atoms with van der Waals surface area (Å²) >= 11 is 0. The van der Waals surface area contributed by atoms with Gasteiger partial charge in [0.1, 0.15) is 0 Å². The minimum absolute atomic E-state index is 0.116. The number of nitrogens with one attached hydrogen (secondary N) is 1. The van der Waals surface area contributed by atoms with Crippen LogP contribution >= 0.6 is 0 Å². The Kier molecular flexibility index (Phi) is 6.90. The first-order valence-corrected chi connectivity index (χ1v) is 7.82. The Bertz CT molecular complexity index is 496. The summed E-state index contributed by atoms with van der Waals surface area (Å²) in [5, 5.41) is 3.10. The molecule has 0 spiro atoms. The van der Waals surface area contributed by atoms with E-state index in [2.05, 4.69) is 64.4 Å². The van der Waals surface area contributed by atoms with Gasteiger partial charge in [-0.2, -0.15) is 0 Å². The van der Waals surface area contributed by atoms with E-state index in [1.807, 2.05) is 0 Å². The van der Waals surface area contributed by atoms with Crippen LogP contribution in [0.4, 0.5) is 10.5 Å². The van der Waals surface area contributed by atoms with Gasteiger partial charge in [0.15, 0.2) is 0 Å². The van der Waals surface area contributed by atoms with Crippen LogP contribution in [0.1, 0.15) is 50.7 Å². The summed E-state index contributed by atoms with van der Waals surface area (Å²) in [6.07, 6.45) is 3.45. The van der Waals surface area contributed by atoms with Crippen molar-refractivity contribution in [1.82, 2.24) is 4.90 Å². The van der Waals surface area contributed by atoms with Gasteiger partial charge in [0.2, 0.25) is 0 Å². The molecule has 0 bridgehead atoms. The molecule has 2 amide bonds. The summed E-state index contributed by atoms with van der Waals surface area (Å²) in [6, 6.07) is 6.11. The Hall–Kier alpha value is -2.03. The standard InChI is InChI=1S/C19H28N2O/c1-7-12-21(13-8-2)19(22)20-18-16(14(3)4)10-9-11-17(18)15(5)6/h7-11,14-15H,1-2,12-13H2,3-6H3,(H,20,22). The maximum atomic E-state index is 12.6. The molecule has 0 radical (unpaired) electrons. The molecule has 1 aromatic carbocycles. The lowest BCUT2D eigenvalue weighted by atomic mass is 9.93. The number of para-hydroxylation sites is 1. The summed E-state index contributed by atoms with van der Waals surface area (Å²) in [5.74, 6) is 0.697. The molecule has 1 aromatic rings. The van der Waals surface area contributed by atoms with Crippen LogP contribution in [0.5, 0.6) is 0 Å². The van der Waals surface area contributed by atoms with Gasteiger partial charge in [-0.1, -0.05) is 58.0 Å². The molecule has 0 fully saturated rings. The molecule has 0 aliphatic carbocycles. The molecule has 1 N–H and O–H groups in total. The molecule has 3 nitrogen and oxygen atoms in total. The van der Waals surface area contributed by atoms with Crippen LogP contribution in [0.3, 0.4) is 0 Å². The van der Waals surface area contributed by atoms with E-state index in [0.717, 1.165) is 16.8 Å². The van der Waals surface area contributed by atoms with Crippen molar-refractivity contribution < 1.29 is 4.79 Å². The van der Waals surface area contributed by atoms with Crippen molar-refractivity contribution >= 4 is 11.7 Å². The molecule has 0 unspecified atom stereocenters. The number of hydrogen-bond donors (Lipinski definition) is 1. The smallest absolute Gasteiger partial charge is 0.317 e. The zero-order valence-corrected chi connectivity index (χ0v) is 14.2. The van der Waals surface area contributed by atoms with Gasteiger partial charge in [0.25, 0.3) is 0 Å². The maximum Gasteiger partial charge on any atom is 0.322 e. The predicted molar refractivity (Wildman–Crippen MR) is 95.6 cm³/mol. The molecule has 0 saturated carbocycles. The lowest BCUT2D eigenvalue weighted by molar-refractivity contribution is 0.222. The lowest BCUT2D eigenvalue weighted by Gasteiger charge is -2.24. The van der Waals surface area contributed by atoms with Crippen LogP contribution in [0.2, 0.25) is 0 Å². The van der Waals surface area contributed by atoms with E-state index in [1.54, 1.807) is 17.1 Å². The van der Waals surface area contributed by atoms with Gasteiger partial charge in [-0.05, 0) is 23.0 Å². The van der Waals surface area contributed by atoms with E-state index < -0.39 is 0 Å². The van der Waals surface area contributed by atoms with Crippen molar-refractivity contribution in [2.75, 3.05) is 18.4 Å². The molecule has 0 atom stereocenters. The van der Waals surface area contributed by atoms with E-state index in [4.69, 9.17) is 0 Å². The number of carbonyl (C=O) groups is 1. The van der Waals surface area contributed by atoms with Gasteiger partial charge < -0.3 is 10.2 Å². The number of hydrogen-bond acceptors (Lipinski definition) is 1. The van der Waals surface area contributed by atoms with Crippen LogP contribution in [-0.2, 0) is 0 Å². The fourth-order valence-corrected chi connectivity index (χ4v) is 2.43. The quantitative estimate of drug-likeness (QED) is 0.695. The van der Waals surface area contributed by atoms with Crippen LogP contribution in [-0.4, -0.2) is 24.0 Å². The molecule has 0 heterocycles. The average molecular weight is 300 g/mol. The molecule has 120 valence electrons. The highest BCUT2D eigenvalue weighted by atomic mass is 16.2. The summed E-state index contributed by atoms with van der Waals surface area (Å²) in [5.41, 5.74) is 3.27. The third-order valence-electron chi connectivity index (χ3n) is 3.59. The number of rotatable bonds is 7. The first kappa shape index (κ1) is 18.0. The van der Waals surface area contributed by atoms with E-state index >= 15 is 0 Å². The van der Waals surface area contributed by atoms with Gasteiger partial charge >= 0.3 is 6.03 Å². The molecule has 3 heteroatoms. The van der Waals surface area contributed by atoms with E-state index in [1.165, 1.54) is 0 Å². The van der Waals surface area contributed by atoms with Crippen LogP contribution in [0.15, 0.2) is 43.5 Å². The third-order valence-corrected chi connectivity index (χ3v) is 3.59. The minimum Gasteiger partial charge on any atom is -0.317 e. The van der Waals surface area contributed by atoms with Crippen molar-refractivity contribution in [2.24, 2.45) is 0 Å². The predicted octanol–water partition coefficient (Wildman–Crippen LogP) is 5.14. The van der Waals surface area contributed by atoms with Crippen LogP contribution in [0.25, 0.3) is 0 Å². The fourth-order valence-electron chi connectivity index (χ4n) is 2.43. The first-order valence-electron chi connectivity index (χ1n) is 7.82. The zero-order valence-electron chi connectivity index (χ0n) is 14.2. The Morgan fingerprint density at radius 1 is 1.09 bits per heavy atom. The molecule has 0 aromatic heterocycles. The third kappa shape index (κ3) is 4.48. The van der Waals surface area contributed by atoms with Crippen molar-refractivity contribution in [2.45, 2.75) is 39.5 Å². The molecular weight excluding hydrogens is 272 g/mol. The van der Waals surface area contributed by atoms with Crippen molar-refractivity contribution in [3.63, 3.8) is 0 Å². The number of urea groups is 1. The molecule has 0 aliphatic heterocycles. The summed E-state index contributed by atoms with van der Waals surface area (Å²) in [4.78, 5) is 14.2. The molecule has 0 saturated heterocycles. The number of anilines is 1. The van der Waals surface area contributed by atoms with Crippen molar-refractivity contribution in [1.29, 1.82) is 0 Å². The summed E-state index contributed by atoms with van der Waals surface area (Å²) in [6.45, 7) is 17.0. The second kappa shape index (κ2) is 8.42. The van der Waals surface area contributed by atoms with E-state index in [9.17, 15) is 4.79 Å². The minimum atomic E-state index is -0.116. The van der Waals surface area contributed by atoms with Crippen molar-refractivity contribution in [3.8, 4) is 0 Å². The Morgan fingerprint density at radius 2 is 1.55 bits per heavy atom. The average Bonchev–Trinajstić information content (AvgIpc) is 2.46. The molecule has 1 rings (SSSR count). The Morgan fingerprint density at radius 3 is 1.91 bits per heavy atom. The van der Waals surface area contributed by atoms with Gasteiger partial charge in [0, 0.05) is 18.8 Å². The van der Waals surface area contributed by atoms with Crippen molar-refractivity contribution in [3.05, 3.63) is 54.6 Å². The Balaban J connectivity index is 3.16. The molecule has 0 aliphatic rings. The maximum absolute atomic E-state index is 12.6. The molecular formula is C19H28N2O. The van der Waals surface area contributed by atoms with Gasteiger partial charge in [-0.25, -0.2) is 4.79 Å². The highest BCUT2D eigenvalue weighted by molar-refractivity contribution is 5.91. The Labute approximate surface area is 134 Å². The SMILES string of the molecule is C=CCN(CC=C)C(=O)Nc1c(C(C)C)cccc1C(C)C. The second-order valence-electron chi connectivity index (χ2n) is 6.03. The number of carbonyl (C=O) groups excluding carboxylic acids is 1. The van der Waals surface area contributed by atoms with E-state index in [-0.39, 0.29) is 6.03 Å². The normalized spacial score (nSPS) is 10.6. The number of nitrogens with zero attached hydrogens (tertiary/aromatic N) is 1. The monoisotopic (exact) mass is 300 g/mol. The number of amides is 2. The topological polar surface area (TPSA) is 32.3 Å². The zero-order chi connectivity index (χ0) is 16.7. The van der Waals surface area contributed by atoms with E-state index in [0.29, 0.717) is 24.9 Å². The fraction of sp³-hybridized carbons (Fsp3) is 0.421. The van der Waals surface area contributed by atoms with Gasteiger partial charge in [0.05, 0.1) is 0 Å².